The molecule has 0 aliphatic carbocycles. The predicted molar refractivity (Wildman–Crippen MR) is 60.6 cm³/mol. The Kier molecular flexibility index (Phi) is 4.80. The Bertz CT molecular complexity index is 321. The molecule has 0 amide bonds. The quantitative estimate of drug-likeness (QED) is 0.704. The largest absolute Gasteiger partial charge is 0.378 e. The van der Waals surface area contributed by atoms with E-state index in [0.29, 0.717) is 0 Å². The molecule has 0 aliphatic heterocycles. The van der Waals surface area contributed by atoms with E-state index in [0.717, 1.165) is 0 Å². The van der Waals surface area contributed by atoms with E-state index in [1.54, 1.807) is 30.9 Å². The topological polar surface area (TPSA) is 41.9 Å². The molecule has 0 atom stereocenters. The van der Waals surface area contributed by atoms with Crippen LogP contribution in [0.1, 0.15) is 0 Å². The van der Waals surface area contributed by atoms with Crippen LogP contribution in [0.25, 0.3) is 0 Å². The van der Waals surface area contributed by atoms with E-state index in [9.17, 15) is 0 Å². The zero-order valence-electron chi connectivity index (χ0n) is 8.91. The summed E-state index contributed by atoms with van der Waals surface area (Å²) in [6.45, 7) is 0. The molecule has 2 heterocycles. The maximum Gasteiger partial charge on any atom is 0.115 e. The molecule has 2 aromatic rings. The van der Waals surface area contributed by atoms with Gasteiger partial charge in [0.1, 0.15) is 6.33 Å². The number of hydrogen-bond donors (Lipinski definition) is 0. The average Bonchev–Trinajstić information content (AvgIpc) is 2.33. The Morgan fingerprint density at radius 1 is 0.867 bits per heavy atom. The second-order valence-corrected chi connectivity index (χ2v) is 3.00. The molecule has 0 radical (unpaired) electrons. The lowest BCUT2D eigenvalue weighted by molar-refractivity contribution is 1.12. The molecule has 0 saturated carbocycles. The maximum atomic E-state index is 3.90. The van der Waals surface area contributed by atoms with Crippen molar-refractivity contribution in [3.63, 3.8) is 0 Å². The van der Waals surface area contributed by atoms with E-state index < -0.39 is 0 Å². The lowest BCUT2D eigenvalue weighted by Crippen LogP contribution is -2.07. The van der Waals surface area contributed by atoms with Crippen molar-refractivity contribution in [1.29, 1.82) is 0 Å². The standard InChI is InChI=1S/C7H10N2.C4H4N2/c1-9(2)7-3-5-8-6-4-7;1-2-5-4-6-3-1/h3-6H,1-2H3;1-4H. The third kappa shape index (κ3) is 4.71. The van der Waals surface area contributed by atoms with E-state index in [1.165, 1.54) is 12.0 Å². The maximum absolute atomic E-state index is 3.90. The van der Waals surface area contributed by atoms with Gasteiger partial charge < -0.3 is 4.90 Å². The molecule has 0 bridgehead atoms. The molecule has 2 aromatic heterocycles. The van der Waals surface area contributed by atoms with Gasteiger partial charge >= 0.3 is 0 Å². The van der Waals surface area contributed by atoms with Gasteiger partial charge in [0.15, 0.2) is 0 Å². The summed E-state index contributed by atoms with van der Waals surface area (Å²) in [4.78, 5) is 13.3. The monoisotopic (exact) mass is 202 g/mol. The van der Waals surface area contributed by atoms with E-state index in [4.69, 9.17) is 0 Å². The minimum atomic E-state index is 1.19. The number of hydrogen-bond acceptors (Lipinski definition) is 4. The Hall–Kier alpha value is -1.97. The van der Waals surface area contributed by atoms with Gasteiger partial charge in [-0.3, -0.25) is 4.98 Å². The molecule has 0 spiro atoms. The molecule has 0 saturated heterocycles. The summed E-state index contributed by atoms with van der Waals surface area (Å²) in [6, 6.07) is 5.72. The summed E-state index contributed by atoms with van der Waals surface area (Å²) >= 11 is 0. The molecular formula is C11H14N4. The van der Waals surface area contributed by atoms with Crippen LogP contribution in [0.15, 0.2) is 49.3 Å². The van der Waals surface area contributed by atoms with Crippen molar-refractivity contribution in [2.24, 2.45) is 0 Å². The van der Waals surface area contributed by atoms with Crippen LogP contribution >= 0.6 is 0 Å². The normalized spacial score (nSPS) is 8.67. The summed E-state index contributed by atoms with van der Waals surface area (Å²) in [6.07, 6.45) is 8.45. The molecule has 2 rings (SSSR count). The fourth-order valence-corrected chi connectivity index (χ4v) is 0.896. The summed E-state index contributed by atoms with van der Waals surface area (Å²) in [5, 5.41) is 0. The fraction of sp³-hybridized carbons (Fsp3) is 0.182. The van der Waals surface area contributed by atoms with Crippen LogP contribution in [-0.2, 0) is 0 Å². The third-order valence-corrected chi connectivity index (χ3v) is 1.66. The van der Waals surface area contributed by atoms with Gasteiger partial charge in [-0.05, 0) is 18.2 Å². The highest BCUT2D eigenvalue weighted by molar-refractivity contribution is 5.42. The van der Waals surface area contributed by atoms with Gasteiger partial charge in [-0.2, -0.15) is 0 Å². The SMILES string of the molecule is CN(C)c1ccncc1.c1cncnc1. The van der Waals surface area contributed by atoms with Gasteiger partial charge in [0.05, 0.1) is 0 Å². The summed E-state index contributed by atoms with van der Waals surface area (Å²) < 4.78 is 0. The van der Waals surface area contributed by atoms with Crippen LogP contribution < -0.4 is 4.90 Å². The molecular weight excluding hydrogens is 188 g/mol. The molecule has 0 aromatic carbocycles. The lowest BCUT2D eigenvalue weighted by Gasteiger charge is -2.10. The molecule has 0 unspecified atom stereocenters. The van der Waals surface area contributed by atoms with Crippen molar-refractivity contribution < 1.29 is 0 Å². The van der Waals surface area contributed by atoms with Crippen LogP contribution in [0.5, 0.6) is 0 Å². The number of rotatable bonds is 1. The first kappa shape index (κ1) is 11.1. The van der Waals surface area contributed by atoms with E-state index in [1.807, 2.05) is 31.1 Å². The van der Waals surface area contributed by atoms with E-state index in [-0.39, 0.29) is 0 Å². The highest BCUT2D eigenvalue weighted by atomic mass is 15.1. The molecule has 4 heteroatoms. The molecule has 0 N–H and O–H groups in total. The Morgan fingerprint density at radius 3 is 1.73 bits per heavy atom. The van der Waals surface area contributed by atoms with E-state index in [2.05, 4.69) is 15.0 Å². The Balaban J connectivity index is 0.000000162. The van der Waals surface area contributed by atoms with Crippen molar-refractivity contribution >= 4 is 5.69 Å². The van der Waals surface area contributed by atoms with Crippen LogP contribution in [0.4, 0.5) is 5.69 Å². The van der Waals surface area contributed by atoms with Gasteiger partial charge in [0.2, 0.25) is 0 Å². The van der Waals surface area contributed by atoms with Crippen molar-refractivity contribution in [3.8, 4) is 0 Å². The van der Waals surface area contributed by atoms with E-state index >= 15 is 0 Å². The van der Waals surface area contributed by atoms with Gasteiger partial charge in [0.25, 0.3) is 0 Å². The number of aromatic nitrogens is 3. The van der Waals surface area contributed by atoms with Gasteiger partial charge in [0, 0.05) is 44.6 Å². The second kappa shape index (κ2) is 6.48. The minimum absolute atomic E-state index is 1.19. The van der Waals surface area contributed by atoms with Crippen LogP contribution in [0.3, 0.4) is 0 Å². The lowest BCUT2D eigenvalue weighted by atomic mass is 10.4. The first-order valence-electron chi connectivity index (χ1n) is 4.58. The average molecular weight is 202 g/mol. The number of nitrogens with zero attached hydrogens (tertiary/aromatic N) is 4. The smallest absolute Gasteiger partial charge is 0.115 e. The Labute approximate surface area is 89.6 Å². The zero-order chi connectivity index (χ0) is 10.9. The summed E-state index contributed by atoms with van der Waals surface area (Å²) in [5.74, 6) is 0. The Morgan fingerprint density at radius 2 is 1.47 bits per heavy atom. The summed E-state index contributed by atoms with van der Waals surface area (Å²) in [5.41, 5.74) is 1.19. The highest BCUT2D eigenvalue weighted by Gasteiger charge is 1.88. The van der Waals surface area contributed by atoms with Crippen molar-refractivity contribution in [2.75, 3.05) is 19.0 Å². The zero-order valence-corrected chi connectivity index (χ0v) is 8.91. The third-order valence-electron chi connectivity index (χ3n) is 1.66. The molecule has 0 fully saturated rings. The molecule has 4 nitrogen and oxygen atoms in total. The fourth-order valence-electron chi connectivity index (χ4n) is 0.896. The molecule has 78 valence electrons. The van der Waals surface area contributed by atoms with Crippen molar-refractivity contribution in [2.45, 2.75) is 0 Å². The summed E-state index contributed by atoms with van der Waals surface area (Å²) in [7, 11) is 4.02. The highest BCUT2D eigenvalue weighted by Crippen LogP contribution is 2.05. The first-order chi connectivity index (χ1) is 7.30. The molecule has 15 heavy (non-hydrogen) atoms. The van der Waals surface area contributed by atoms with Crippen LogP contribution in [0, 0.1) is 0 Å². The number of pyridine rings is 1. The van der Waals surface area contributed by atoms with Gasteiger partial charge in [-0.15, -0.1) is 0 Å². The van der Waals surface area contributed by atoms with Gasteiger partial charge in [-0.1, -0.05) is 0 Å². The van der Waals surface area contributed by atoms with Crippen molar-refractivity contribution in [1.82, 2.24) is 15.0 Å². The first-order valence-corrected chi connectivity index (χ1v) is 4.58. The van der Waals surface area contributed by atoms with Crippen LogP contribution in [-0.4, -0.2) is 29.0 Å². The minimum Gasteiger partial charge on any atom is -0.378 e. The van der Waals surface area contributed by atoms with Crippen LogP contribution in [0.2, 0.25) is 0 Å². The predicted octanol–water partition coefficient (Wildman–Crippen LogP) is 1.62. The van der Waals surface area contributed by atoms with Gasteiger partial charge in [-0.25, -0.2) is 9.97 Å². The molecule has 0 aliphatic rings. The van der Waals surface area contributed by atoms with Crippen molar-refractivity contribution in [3.05, 3.63) is 49.3 Å². The number of anilines is 1. The second-order valence-electron chi connectivity index (χ2n) is 3.00.